The minimum absolute atomic E-state index is 0.108. The molecule has 0 fully saturated rings. The summed E-state index contributed by atoms with van der Waals surface area (Å²) < 4.78 is 12.2. The zero-order chi connectivity index (χ0) is 20.2. The van der Waals surface area contributed by atoms with Crippen molar-refractivity contribution in [3.63, 3.8) is 0 Å². The Bertz CT molecular complexity index is 1210. The van der Waals surface area contributed by atoms with Gasteiger partial charge in [-0.3, -0.25) is 9.59 Å². The molecule has 0 bridgehead atoms. The fourth-order valence-corrected chi connectivity index (χ4v) is 2.95. The van der Waals surface area contributed by atoms with E-state index in [2.05, 4.69) is 10.3 Å². The van der Waals surface area contributed by atoms with Crippen molar-refractivity contribution in [2.45, 2.75) is 20.0 Å². The third kappa shape index (κ3) is 4.52. The normalized spacial score (nSPS) is 10.8. The van der Waals surface area contributed by atoms with E-state index < -0.39 is 0 Å². The largest absolute Gasteiger partial charge is 0.487 e. The van der Waals surface area contributed by atoms with Gasteiger partial charge in [0, 0.05) is 23.9 Å². The second-order valence-electron chi connectivity index (χ2n) is 6.61. The molecule has 7 heteroatoms. The maximum atomic E-state index is 12.2. The van der Waals surface area contributed by atoms with E-state index in [1.807, 2.05) is 30.3 Å². The zero-order valence-corrected chi connectivity index (χ0v) is 15.8. The van der Waals surface area contributed by atoms with Crippen LogP contribution in [0.5, 0.6) is 5.75 Å². The summed E-state index contributed by atoms with van der Waals surface area (Å²) in [5.41, 5.74) is 2.21. The molecule has 0 aliphatic rings. The predicted octanol–water partition coefficient (Wildman–Crippen LogP) is 3.36. The molecule has 0 aliphatic heterocycles. The molecule has 2 heterocycles. The molecule has 0 radical (unpaired) electrons. The van der Waals surface area contributed by atoms with Crippen LogP contribution in [0.1, 0.15) is 17.0 Å². The van der Waals surface area contributed by atoms with E-state index in [0.717, 1.165) is 10.1 Å². The van der Waals surface area contributed by atoms with E-state index in [1.165, 1.54) is 6.07 Å². The average molecular weight is 389 g/mol. The summed E-state index contributed by atoms with van der Waals surface area (Å²) in [7, 11) is 0. The Labute approximate surface area is 166 Å². The van der Waals surface area contributed by atoms with Gasteiger partial charge in [-0.1, -0.05) is 36.4 Å². The Morgan fingerprint density at radius 3 is 2.76 bits per heavy atom. The Balaban J connectivity index is 1.41. The first-order chi connectivity index (χ1) is 14.1. The maximum absolute atomic E-state index is 12.2. The predicted molar refractivity (Wildman–Crippen MR) is 108 cm³/mol. The molecule has 0 atom stereocenters. The number of carbonyl (C=O) groups excluding carboxylic acids is 1. The molecule has 1 amide bonds. The molecular weight excluding hydrogens is 370 g/mol. The van der Waals surface area contributed by atoms with Gasteiger partial charge in [-0.15, -0.1) is 4.57 Å². The van der Waals surface area contributed by atoms with Crippen LogP contribution in [0.3, 0.4) is 0 Å². The van der Waals surface area contributed by atoms with Gasteiger partial charge in [0.1, 0.15) is 18.1 Å². The van der Waals surface area contributed by atoms with E-state index in [0.29, 0.717) is 35.0 Å². The highest BCUT2D eigenvalue weighted by Crippen LogP contribution is 2.19. The lowest BCUT2D eigenvalue weighted by atomic mass is 10.1. The summed E-state index contributed by atoms with van der Waals surface area (Å²) in [6.45, 7) is 1.87. The lowest BCUT2D eigenvalue weighted by Crippen LogP contribution is -2.15. The average Bonchev–Trinajstić information content (AvgIpc) is 3.08. The van der Waals surface area contributed by atoms with Gasteiger partial charge in [-0.2, -0.15) is 0 Å². The van der Waals surface area contributed by atoms with Gasteiger partial charge in [0.2, 0.25) is 5.91 Å². The van der Waals surface area contributed by atoms with Gasteiger partial charge >= 0.3 is 0 Å². The first-order valence-electron chi connectivity index (χ1n) is 9.13. The molecule has 0 unspecified atom stereocenters. The van der Waals surface area contributed by atoms with E-state index in [1.54, 1.807) is 37.3 Å². The number of fused-ring (bicyclic) bond motifs is 1. The van der Waals surface area contributed by atoms with Gasteiger partial charge in [0.25, 0.3) is 5.56 Å². The smallest absolute Gasteiger partial charge is 0.287 e. The van der Waals surface area contributed by atoms with Crippen molar-refractivity contribution in [2.24, 2.45) is 0 Å². The Morgan fingerprint density at radius 2 is 1.93 bits per heavy atom. The van der Waals surface area contributed by atoms with Crippen LogP contribution in [0.4, 0.5) is 5.69 Å². The van der Waals surface area contributed by atoms with Crippen LogP contribution >= 0.6 is 0 Å². The molecule has 1 N–H and O–H groups in total. The van der Waals surface area contributed by atoms with Crippen molar-refractivity contribution in [2.75, 3.05) is 5.32 Å². The van der Waals surface area contributed by atoms with Gasteiger partial charge in [0.05, 0.1) is 12.1 Å². The van der Waals surface area contributed by atoms with E-state index >= 15 is 0 Å². The molecule has 2 aromatic carbocycles. The molecule has 0 spiro atoms. The van der Waals surface area contributed by atoms with Gasteiger partial charge in [-0.25, -0.2) is 4.98 Å². The third-order valence-electron chi connectivity index (χ3n) is 4.24. The topological polar surface area (TPSA) is 85.8 Å². The number of benzene rings is 2. The first kappa shape index (κ1) is 18.5. The Morgan fingerprint density at radius 1 is 1.10 bits per heavy atom. The monoisotopic (exact) mass is 389 g/mol. The van der Waals surface area contributed by atoms with Crippen LogP contribution in [0.2, 0.25) is 0 Å². The fraction of sp³-hybridized carbons (Fsp3) is 0.136. The maximum Gasteiger partial charge on any atom is 0.287 e. The van der Waals surface area contributed by atoms with Gasteiger partial charge in [-0.05, 0) is 24.6 Å². The second kappa shape index (κ2) is 8.02. The van der Waals surface area contributed by atoms with Crippen molar-refractivity contribution in [3.05, 3.63) is 94.1 Å². The van der Waals surface area contributed by atoms with Crippen molar-refractivity contribution in [1.82, 2.24) is 9.56 Å². The molecule has 0 saturated heterocycles. The van der Waals surface area contributed by atoms with Crippen LogP contribution in [-0.4, -0.2) is 15.5 Å². The number of aryl methyl sites for hydroxylation is 1. The van der Waals surface area contributed by atoms with Crippen molar-refractivity contribution < 1.29 is 14.1 Å². The quantitative estimate of drug-likeness (QED) is 0.547. The number of anilines is 1. The highest BCUT2D eigenvalue weighted by molar-refractivity contribution is 5.92. The van der Waals surface area contributed by atoms with Crippen LogP contribution in [-0.2, 0) is 17.8 Å². The van der Waals surface area contributed by atoms with Crippen LogP contribution in [0, 0.1) is 6.92 Å². The van der Waals surface area contributed by atoms with Crippen molar-refractivity contribution in [3.8, 4) is 5.75 Å². The van der Waals surface area contributed by atoms with Gasteiger partial charge in [0.15, 0.2) is 5.65 Å². The third-order valence-corrected chi connectivity index (χ3v) is 4.24. The van der Waals surface area contributed by atoms with Crippen LogP contribution in [0.25, 0.3) is 5.65 Å². The summed E-state index contributed by atoms with van der Waals surface area (Å²) in [5.74, 6) is 1.06. The van der Waals surface area contributed by atoms with Crippen LogP contribution in [0.15, 0.2) is 76.0 Å². The van der Waals surface area contributed by atoms with Crippen molar-refractivity contribution >= 4 is 17.2 Å². The fourth-order valence-electron chi connectivity index (χ4n) is 2.95. The van der Waals surface area contributed by atoms with E-state index in [4.69, 9.17) is 9.26 Å². The molecule has 4 aromatic rings. The number of ether oxygens (including phenoxy) is 1. The number of nitrogens with zero attached hydrogens (tertiary/aromatic N) is 2. The highest BCUT2D eigenvalue weighted by atomic mass is 16.5. The SMILES string of the molecule is Cc1cc2nc(COc3cccc(NC(=O)Cc4ccccc4)c3)cc(=O)n2o1. The number of carbonyl (C=O) groups is 1. The van der Waals surface area contributed by atoms with Crippen molar-refractivity contribution in [1.29, 1.82) is 0 Å². The molecule has 2 aromatic heterocycles. The van der Waals surface area contributed by atoms with E-state index in [-0.39, 0.29) is 18.1 Å². The lowest BCUT2D eigenvalue weighted by Gasteiger charge is -2.09. The summed E-state index contributed by atoms with van der Waals surface area (Å²) in [5, 5.41) is 2.86. The number of nitrogens with one attached hydrogen (secondary N) is 1. The summed E-state index contributed by atoms with van der Waals surface area (Å²) in [4.78, 5) is 28.7. The Hall–Kier alpha value is -3.87. The zero-order valence-electron chi connectivity index (χ0n) is 15.8. The van der Waals surface area contributed by atoms with E-state index in [9.17, 15) is 9.59 Å². The minimum Gasteiger partial charge on any atom is -0.487 e. The molecule has 0 aliphatic carbocycles. The summed E-state index contributed by atoms with van der Waals surface area (Å²) >= 11 is 0. The molecule has 7 nitrogen and oxygen atoms in total. The number of hydrogen-bond acceptors (Lipinski definition) is 5. The number of aromatic nitrogens is 2. The standard InChI is InChI=1S/C22H19N3O4/c1-15-10-20-23-18(13-22(27)25(20)29-15)14-28-19-9-5-8-17(12-19)24-21(26)11-16-6-3-2-4-7-16/h2-10,12-13H,11,14H2,1H3,(H,24,26). The molecule has 146 valence electrons. The number of hydrogen-bond donors (Lipinski definition) is 1. The number of amides is 1. The van der Waals surface area contributed by atoms with Gasteiger partial charge < -0.3 is 14.6 Å². The molecule has 29 heavy (non-hydrogen) atoms. The Kier molecular flexibility index (Phi) is 5.11. The highest BCUT2D eigenvalue weighted by Gasteiger charge is 2.08. The first-order valence-corrected chi connectivity index (χ1v) is 9.13. The van der Waals surface area contributed by atoms with Crippen LogP contribution < -0.4 is 15.6 Å². The summed E-state index contributed by atoms with van der Waals surface area (Å²) in [6.07, 6.45) is 0.296. The second-order valence-corrected chi connectivity index (χ2v) is 6.61. The summed E-state index contributed by atoms with van der Waals surface area (Å²) in [6, 6.07) is 19.7. The minimum atomic E-state index is -0.302. The molecule has 0 saturated carbocycles. The number of rotatable bonds is 6. The lowest BCUT2D eigenvalue weighted by molar-refractivity contribution is -0.115. The molecular formula is C22H19N3O4. The molecule has 4 rings (SSSR count).